The molecule has 0 saturated carbocycles. The number of piperidine rings is 1. The summed E-state index contributed by atoms with van der Waals surface area (Å²) in [7, 11) is 0. The van der Waals surface area contributed by atoms with E-state index in [4.69, 9.17) is 4.74 Å². The number of nitrogens with zero attached hydrogens (tertiary/aromatic N) is 3. The molecule has 0 bridgehead atoms. The Morgan fingerprint density at radius 3 is 2.28 bits per heavy atom. The molecule has 2 aliphatic rings. The molecule has 0 radical (unpaired) electrons. The SMILES string of the molecule is C[C@H]1CN(C2CCN(C(=O)OC(C)(C)C)CC2)CCN1[C@@H](C)c1ccc(Br)cc1. The van der Waals surface area contributed by atoms with Crippen LogP contribution in [-0.4, -0.2) is 71.2 Å². The largest absolute Gasteiger partial charge is 0.444 e. The van der Waals surface area contributed by atoms with Crippen molar-refractivity contribution in [3.63, 3.8) is 0 Å². The van der Waals surface area contributed by atoms with Crippen molar-refractivity contribution in [1.82, 2.24) is 14.7 Å². The summed E-state index contributed by atoms with van der Waals surface area (Å²) < 4.78 is 6.66. The third-order valence-corrected chi connectivity index (χ3v) is 6.72. The lowest BCUT2D eigenvalue weighted by Crippen LogP contribution is -2.57. The Bertz CT molecular complexity index is 680. The zero-order valence-corrected chi connectivity index (χ0v) is 20.1. The fourth-order valence-electron chi connectivity index (χ4n) is 4.58. The van der Waals surface area contributed by atoms with Crippen molar-refractivity contribution < 1.29 is 9.53 Å². The van der Waals surface area contributed by atoms with Crippen molar-refractivity contribution in [3.05, 3.63) is 34.3 Å². The Kier molecular flexibility index (Phi) is 7.28. The van der Waals surface area contributed by atoms with E-state index in [0.29, 0.717) is 18.1 Å². The number of carbonyl (C=O) groups is 1. The lowest BCUT2D eigenvalue weighted by atomic mass is 9.99. The molecule has 2 aliphatic heterocycles. The van der Waals surface area contributed by atoms with Crippen LogP contribution in [0.2, 0.25) is 0 Å². The van der Waals surface area contributed by atoms with Gasteiger partial charge in [-0.25, -0.2) is 4.79 Å². The van der Waals surface area contributed by atoms with Crippen LogP contribution in [-0.2, 0) is 4.74 Å². The van der Waals surface area contributed by atoms with Crippen molar-refractivity contribution in [3.8, 4) is 0 Å². The number of likely N-dealkylation sites (tertiary alicyclic amines) is 1. The minimum absolute atomic E-state index is 0.169. The molecule has 5 nitrogen and oxygen atoms in total. The first-order valence-corrected chi connectivity index (χ1v) is 11.7. The first-order chi connectivity index (χ1) is 13.6. The molecule has 0 spiro atoms. The normalized spacial score (nSPS) is 23.8. The second kappa shape index (κ2) is 9.36. The highest BCUT2D eigenvalue weighted by atomic mass is 79.9. The van der Waals surface area contributed by atoms with Gasteiger partial charge in [0.25, 0.3) is 0 Å². The van der Waals surface area contributed by atoms with Gasteiger partial charge in [-0.2, -0.15) is 0 Å². The van der Waals surface area contributed by atoms with E-state index in [-0.39, 0.29) is 6.09 Å². The topological polar surface area (TPSA) is 36.0 Å². The Hall–Kier alpha value is -1.11. The number of carbonyl (C=O) groups excluding carboxylic acids is 1. The molecule has 1 aromatic carbocycles. The van der Waals surface area contributed by atoms with Gasteiger partial charge in [0.05, 0.1) is 0 Å². The molecule has 0 unspecified atom stereocenters. The molecule has 1 aromatic rings. The molecule has 6 heteroatoms. The van der Waals surface area contributed by atoms with Crippen LogP contribution in [0, 0.1) is 0 Å². The predicted molar refractivity (Wildman–Crippen MR) is 121 cm³/mol. The van der Waals surface area contributed by atoms with Crippen molar-refractivity contribution in [2.75, 3.05) is 32.7 Å². The molecule has 0 aromatic heterocycles. The van der Waals surface area contributed by atoms with E-state index in [9.17, 15) is 4.79 Å². The van der Waals surface area contributed by atoms with Crippen LogP contribution < -0.4 is 0 Å². The molecule has 0 N–H and O–H groups in total. The first-order valence-electron chi connectivity index (χ1n) is 10.9. The van der Waals surface area contributed by atoms with Gasteiger partial charge in [0.1, 0.15) is 5.60 Å². The standard InChI is InChI=1S/C23H36BrN3O2/c1-17-16-26(14-15-27(17)18(2)19-6-8-20(24)9-7-19)21-10-12-25(13-11-21)22(28)29-23(3,4)5/h6-9,17-18,21H,10-16H2,1-5H3/t17-,18-/m0/s1. The maximum Gasteiger partial charge on any atom is 0.410 e. The second-order valence-corrected chi connectivity index (χ2v) is 10.4. The Morgan fingerprint density at radius 1 is 1.10 bits per heavy atom. The highest BCUT2D eigenvalue weighted by Crippen LogP contribution is 2.28. The van der Waals surface area contributed by atoms with Crippen LogP contribution in [0.3, 0.4) is 0 Å². The molecule has 29 heavy (non-hydrogen) atoms. The molecule has 2 saturated heterocycles. The Balaban J connectivity index is 1.50. The van der Waals surface area contributed by atoms with Crippen LogP contribution in [0.1, 0.15) is 59.1 Å². The number of rotatable bonds is 3. The van der Waals surface area contributed by atoms with Gasteiger partial charge in [-0.1, -0.05) is 28.1 Å². The number of hydrogen-bond acceptors (Lipinski definition) is 4. The van der Waals surface area contributed by atoms with Crippen LogP contribution >= 0.6 is 15.9 Å². The van der Waals surface area contributed by atoms with Crippen LogP contribution in [0.15, 0.2) is 28.7 Å². The average Bonchev–Trinajstić information content (AvgIpc) is 2.67. The summed E-state index contributed by atoms with van der Waals surface area (Å²) in [5, 5.41) is 0. The Morgan fingerprint density at radius 2 is 1.72 bits per heavy atom. The third-order valence-electron chi connectivity index (χ3n) is 6.19. The maximum absolute atomic E-state index is 12.3. The molecule has 162 valence electrons. The quantitative estimate of drug-likeness (QED) is 0.634. The third kappa shape index (κ3) is 5.96. The van der Waals surface area contributed by atoms with Crippen molar-refractivity contribution in [2.24, 2.45) is 0 Å². The highest BCUT2D eigenvalue weighted by molar-refractivity contribution is 9.10. The van der Waals surface area contributed by atoms with Crippen molar-refractivity contribution >= 4 is 22.0 Å². The number of amides is 1. The lowest BCUT2D eigenvalue weighted by molar-refractivity contribution is -0.00206. The van der Waals surface area contributed by atoms with E-state index in [1.54, 1.807) is 0 Å². The summed E-state index contributed by atoms with van der Waals surface area (Å²) in [6, 6.07) is 10.2. The summed E-state index contributed by atoms with van der Waals surface area (Å²) in [4.78, 5) is 19.4. The van der Waals surface area contributed by atoms with Crippen molar-refractivity contribution in [1.29, 1.82) is 0 Å². The van der Waals surface area contributed by atoms with Gasteiger partial charge in [-0.15, -0.1) is 0 Å². The van der Waals surface area contributed by atoms with E-state index in [1.807, 2.05) is 25.7 Å². The van der Waals surface area contributed by atoms with Gasteiger partial charge in [0.15, 0.2) is 0 Å². The van der Waals surface area contributed by atoms with Gasteiger partial charge in [0.2, 0.25) is 0 Å². The molecule has 2 fully saturated rings. The average molecular weight is 466 g/mol. The molecule has 2 heterocycles. The lowest BCUT2D eigenvalue weighted by Gasteiger charge is -2.47. The van der Waals surface area contributed by atoms with Crippen molar-refractivity contribution in [2.45, 2.75) is 71.2 Å². The number of ether oxygens (including phenoxy) is 1. The van der Waals surface area contributed by atoms with Gasteiger partial charge in [-0.3, -0.25) is 9.80 Å². The van der Waals surface area contributed by atoms with Gasteiger partial charge in [-0.05, 0) is 65.2 Å². The van der Waals surface area contributed by atoms with Gasteiger partial charge >= 0.3 is 6.09 Å². The monoisotopic (exact) mass is 465 g/mol. The number of piperazine rings is 1. The van der Waals surface area contributed by atoms with E-state index in [2.05, 4.69) is 63.8 Å². The van der Waals surface area contributed by atoms with E-state index in [0.717, 1.165) is 50.0 Å². The summed E-state index contributed by atoms with van der Waals surface area (Å²) in [6.45, 7) is 15.3. The van der Waals surface area contributed by atoms with Crippen LogP contribution in [0.4, 0.5) is 4.79 Å². The number of benzene rings is 1. The smallest absolute Gasteiger partial charge is 0.410 e. The van der Waals surface area contributed by atoms with Gasteiger partial charge < -0.3 is 9.64 Å². The summed E-state index contributed by atoms with van der Waals surface area (Å²) in [5.74, 6) is 0. The second-order valence-electron chi connectivity index (χ2n) is 9.51. The molecule has 3 rings (SSSR count). The van der Waals surface area contributed by atoms with E-state index >= 15 is 0 Å². The molecule has 2 atom stereocenters. The first kappa shape index (κ1) is 22.6. The highest BCUT2D eigenvalue weighted by Gasteiger charge is 2.34. The van der Waals surface area contributed by atoms with E-state index in [1.165, 1.54) is 5.56 Å². The summed E-state index contributed by atoms with van der Waals surface area (Å²) in [5.41, 5.74) is 0.949. The number of halogens is 1. The zero-order chi connectivity index (χ0) is 21.2. The Labute approximate surface area is 184 Å². The fourth-order valence-corrected chi connectivity index (χ4v) is 4.84. The maximum atomic E-state index is 12.3. The van der Waals surface area contributed by atoms with Gasteiger partial charge in [0, 0.05) is 55.3 Å². The molecular weight excluding hydrogens is 430 g/mol. The number of hydrogen-bond donors (Lipinski definition) is 0. The summed E-state index contributed by atoms with van der Waals surface area (Å²) >= 11 is 3.53. The molecule has 1 amide bonds. The molecular formula is C23H36BrN3O2. The van der Waals surface area contributed by atoms with Crippen LogP contribution in [0.25, 0.3) is 0 Å². The van der Waals surface area contributed by atoms with Crippen LogP contribution in [0.5, 0.6) is 0 Å². The minimum Gasteiger partial charge on any atom is -0.444 e. The minimum atomic E-state index is -0.425. The predicted octanol–water partition coefficient (Wildman–Crippen LogP) is 4.92. The fraction of sp³-hybridized carbons (Fsp3) is 0.696. The van der Waals surface area contributed by atoms with E-state index < -0.39 is 5.60 Å². The summed E-state index contributed by atoms with van der Waals surface area (Å²) in [6.07, 6.45) is 1.90. The molecule has 0 aliphatic carbocycles. The zero-order valence-electron chi connectivity index (χ0n) is 18.5.